The van der Waals surface area contributed by atoms with E-state index >= 15 is 0 Å². The number of aryl methyl sites for hydroxylation is 2. The quantitative estimate of drug-likeness (QED) is 0.673. The zero-order valence-corrected chi connectivity index (χ0v) is 18.2. The van der Waals surface area contributed by atoms with E-state index in [9.17, 15) is 9.59 Å². The number of thioether (sulfide) groups is 1. The molecule has 0 unspecified atom stereocenters. The minimum Gasteiger partial charge on any atom is -0.352 e. The van der Waals surface area contributed by atoms with Gasteiger partial charge >= 0.3 is 0 Å². The average molecular weight is 399 g/mol. The van der Waals surface area contributed by atoms with Crippen molar-refractivity contribution in [3.05, 3.63) is 65.2 Å². The molecule has 2 aromatic rings. The summed E-state index contributed by atoms with van der Waals surface area (Å²) in [6, 6.07) is 15.7. The Bertz CT molecular complexity index is 785. The number of hydrogen-bond donors (Lipinski definition) is 1. The normalized spacial score (nSPS) is 11.9. The van der Waals surface area contributed by atoms with Crippen LogP contribution < -0.4 is 5.32 Å². The topological polar surface area (TPSA) is 49.4 Å². The first-order valence-corrected chi connectivity index (χ1v) is 10.6. The molecule has 2 amide bonds. The minimum atomic E-state index is -0.533. The van der Waals surface area contributed by atoms with Crippen LogP contribution in [0.5, 0.6) is 0 Å². The SMILES string of the molecule is Cc1ccc(CN(C(=O)CSc2ccc(C)cc2)[C@@H](C)C(=O)NC(C)C)cc1. The highest BCUT2D eigenvalue weighted by Crippen LogP contribution is 2.20. The van der Waals surface area contributed by atoms with E-state index in [1.54, 1.807) is 11.8 Å². The second-order valence-corrected chi connectivity index (χ2v) is 8.50. The van der Waals surface area contributed by atoms with Crippen molar-refractivity contribution >= 4 is 23.6 Å². The van der Waals surface area contributed by atoms with Gasteiger partial charge in [0.25, 0.3) is 0 Å². The average Bonchev–Trinajstić information content (AvgIpc) is 2.65. The Hall–Kier alpha value is -2.27. The van der Waals surface area contributed by atoms with Gasteiger partial charge in [0.1, 0.15) is 6.04 Å². The van der Waals surface area contributed by atoms with E-state index in [0.29, 0.717) is 12.3 Å². The number of rotatable bonds is 8. The molecule has 0 spiro atoms. The van der Waals surface area contributed by atoms with Crippen LogP contribution in [-0.4, -0.2) is 34.6 Å². The molecule has 0 aromatic heterocycles. The van der Waals surface area contributed by atoms with Crippen molar-refractivity contribution < 1.29 is 9.59 Å². The maximum absolute atomic E-state index is 13.0. The predicted octanol–water partition coefficient (Wildman–Crippen LogP) is 4.34. The predicted molar refractivity (Wildman–Crippen MR) is 116 cm³/mol. The van der Waals surface area contributed by atoms with Gasteiger partial charge in [-0.15, -0.1) is 11.8 Å². The zero-order valence-electron chi connectivity index (χ0n) is 17.4. The first-order chi connectivity index (χ1) is 13.3. The molecular weight excluding hydrogens is 368 g/mol. The number of benzene rings is 2. The lowest BCUT2D eigenvalue weighted by Crippen LogP contribution is -2.49. The summed E-state index contributed by atoms with van der Waals surface area (Å²) in [6.45, 7) is 10.1. The molecule has 5 heteroatoms. The van der Waals surface area contributed by atoms with Gasteiger partial charge in [-0.2, -0.15) is 0 Å². The fourth-order valence-corrected chi connectivity index (χ4v) is 3.52. The summed E-state index contributed by atoms with van der Waals surface area (Å²) in [4.78, 5) is 28.3. The van der Waals surface area contributed by atoms with E-state index in [4.69, 9.17) is 0 Å². The van der Waals surface area contributed by atoms with E-state index < -0.39 is 6.04 Å². The lowest BCUT2D eigenvalue weighted by atomic mass is 10.1. The Morgan fingerprint density at radius 2 is 1.46 bits per heavy atom. The lowest BCUT2D eigenvalue weighted by Gasteiger charge is -2.29. The van der Waals surface area contributed by atoms with Gasteiger partial charge in [-0.05, 0) is 52.3 Å². The lowest BCUT2D eigenvalue weighted by molar-refractivity contribution is -0.138. The van der Waals surface area contributed by atoms with Crippen LogP contribution in [0.25, 0.3) is 0 Å². The molecule has 0 aliphatic carbocycles. The van der Waals surface area contributed by atoms with Crippen LogP contribution in [0, 0.1) is 13.8 Å². The summed E-state index contributed by atoms with van der Waals surface area (Å²) < 4.78 is 0. The van der Waals surface area contributed by atoms with Crippen molar-refractivity contribution in [3.63, 3.8) is 0 Å². The Morgan fingerprint density at radius 3 is 2.00 bits per heavy atom. The molecule has 0 radical (unpaired) electrons. The van der Waals surface area contributed by atoms with Gasteiger partial charge in [-0.1, -0.05) is 47.5 Å². The summed E-state index contributed by atoms with van der Waals surface area (Å²) in [5, 5.41) is 2.91. The third-order valence-corrected chi connectivity index (χ3v) is 5.45. The van der Waals surface area contributed by atoms with E-state index in [2.05, 4.69) is 5.32 Å². The monoisotopic (exact) mass is 398 g/mol. The van der Waals surface area contributed by atoms with Crippen LogP contribution in [0.3, 0.4) is 0 Å². The largest absolute Gasteiger partial charge is 0.352 e. The number of amides is 2. The Kier molecular flexibility index (Phi) is 8.12. The highest BCUT2D eigenvalue weighted by Gasteiger charge is 2.26. The summed E-state index contributed by atoms with van der Waals surface area (Å²) in [6.07, 6.45) is 0. The fraction of sp³-hybridized carbons (Fsp3) is 0.391. The number of nitrogens with zero attached hydrogens (tertiary/aromatic N) is 1. The minimum absolute atomic E-state index is 0.0354. The second-order valence-electron chi connectivity index (χ2n) is 7.45. The first kappa shape index (κ1) is 22.0. The summed E-state index contributed by atoms with van der Waals surface area (Å²) >= 11 is 1.50. The molecule has 2 aromatic carbocycles. The molecule has 0 fully saturated rings. The summed E-state index contributed by atoms with van der Waals surface area (Å²) in [7, 11) is 0. The molecular formula is C23H30N2O2S. The van der Waals surface area contributed by atoms with Gasteiger partial charge in [0.05, 0.1) is 5.75 Å². The fourth-order valence-electron chi connectivity index (χ4n) is 2.74. The maximum Gasteiger partial charge on any atom is 0.242 e. The first-order valence-electron chi connectivity index (χ1n) is 9.61. The zero-order chi connectivity index (χ0) is 20.7. The van der Waals surface area contributed by atoms with Crippen LogP contribution in [0.4, 0.5) is 0 Å². The van der Waals surface area contributed by atoms with E-state index in [1.165, 1.54) is 22.9 Å². The number of carbonyl (C=O) groups excluding carboxylic acids is 2. The highest BCUT2D eigenvalue weighted by atomic mass is 32.2. The van der Waals surface area contributed by atoms with Crippen LogP contribution in [0.1, 0.15) is 37.5 Å². The summed E-state index contributed by atoms with van der Waals surface area (Å²) in [5.41, 5.74) is 3.38. The van der Waals surface area contributed by atoms with Crippen LogP contribution >= 0.6 is 11.8 Å². The molecule has 0 saturated carbocycles. The number of hydrogen-bond acceptors (Lipinski definition) is 3. The van der Waals surface area contributed by atoms with Gasteiger partial charge in [-0.3, -0.25) is 9.59 Å². The van der Waals surface area contributed by atoms with E-state index in [0.717, 1.165) is 10.5 Å². The standard InChI is InChI=1S/C23H30N2O2S/c1-16(2)24-23(27)19(5)25(14-20-10-6-17(3)7-11-20)22(26)15-28-21-12-8-18(4)9-13-21/h6-13,16,19H,14-15H2,1-5H3,(H,24,27)/t19-/m0/s1. The third-order valence-electron chi connectivity index (χ3n) is 4.46. The van der Waals surface area contributed by atoms with Crippen molar-refractivity contribution in [2.75, 3.05) is 5.75 Å². The molecule has 150 valence electrons. The summed E-state index contributed by atoms with van der Waals surface area (Å²) in [5.74, 6) is 0.127. The molecule has 0 aliphatic rings. The van der Waals surface area contributed by atoms with Crippen LogP contribution in [0.15, 0.2) is 53.4 Å². The molecule has 1 atom stereocenters. The van der Waals surface area contributed by atoms with Crippen molar-refractivity contribution in [3.8, 4) is 0 Å². The Morgan fingerprint density at radius 1 is 0.929 bits per heavy atom. The molecule has 4 nitrogen and oxygen atoms in total. The Balaban J connectivity index is 2.12. The van der Waals surface area contributed by atoms with E-state index in [1.807, 2.05) is 76.2 Å². The third kappa shape index (κ3) is 6.71. The molecule has 28 heavy (non-hydrogen) atoms. The van der Waals surface area contributed by atoms with E-state index in [-0.39, 0.29) is 17.9 Å². The molecule has 0 saturated heterocycles. The van der Waals surface area contributed by atoms with Gasteiger partial charge < -0.3 is 10.2 Å². The molecule has 1 N–H and O–H groups in total. The van der Waals surface area contributed by atoms with Gasteiger partial charge in [-0.25, -0.2) is 0 Å². The smallest absolute Gasteiger partial charge is 0.242 e. The number of carbonyl (C=O) groups is 2. The molecule has 2 rings (SSSR count). The Labute approximate surface area is 172 Å². The van der Waals surface area contributed by atoms with Crippen molar-refractivity contribution in [1.82, 2.24) is 10.2 Å². The van der Waals surface area contributed by atoms with Gasteiger partial charge in [0.15, 0.2) is 0 Å². The van der Waals surface area contributed by atoms with Crippen molar-refractivity contribution in [2.45, 2.75) is 58.1 Å². The van der Waals surface area contributed by atoms with Crippen molar-refractivity contribution in [2.24, 2.45) is 0 Å². The number of nitrogens with one attached hydrogen (secondary N) is 1. The van der Waals surface area contributed by atoms with Gasteiger partial charge in [0, 0.05) is 17.5 Å². The molecule has 0 aliphatic heterocycles. The maximum atomic E-state index is 13.0. The van der Waals surface area contributed by atoms with Gasteiger partial charge in [0.2, 0.25) is 11.8 Å². The van der Waals surface area contributed by atoms with Crippen molar-refractivity contribution in [1.29, 1.82) is 0 Å². The second kappa shape index (κ2) is 10.3. The van der Waals surface area contributed by atoms with Crippen LogP contribution in [0.2, 0.25) is 0 Å². The highest BCUT2D eigenvalue weighted by molar-refractivity contribution is 8.00. The van der Waals surface area contributed by atoms with Crippen LogP contribution in [-0.2, 0) is 16.1 Å². The molecule has 0 heterocycles. The molecule has 0 bridgehead atoms.